The van der Waals surface area contributed by atoms with E-state index in [-0.39, 0.29) is 5.91 Å². The Labute approximate surface area is 113 Å². The van der Waals surface area contributed by atoms with E-state index < -0.39 is 0 Å². The van der Waals surface area contributed by atoms with Crippen LogP contribution in [-0.2, 0) is 11.2 Å². The number of likely N-dealkylation sites (N-methyl/N-ethyl adjacent to an activating group) is 1. The summed E-state index contributed by atoms with van der Waals surface area (Å²) in [6, 6.07) is 2.58. The maximum atomic E-state index is 12.2. The molecule has 0 N–H and O–H groups in total. The average Bonchev–Trinajstić information content (AvgIpc) is 2.83. The smallest absolute Gasteiger partial charge is 0.236 e. The van der Waals surface area contributed by atoms with Crippen LogP contribution in [0.2, 0.25) is 0 Å². The second-order valence-electron chi connectivity index (χ2n) is 4.76. The third-order valence-corrected chi connectivity index (χ3v) is 4.85. The van der Waals surface area contributed by atoms with Crippen molar-refractivity contribution in [3.05, 3.63) is 21.9 Å². The van der Waals surface area contributed by atoms with Crippen LogP contribution in [0.3, 0.4) is 0 Å². The number of carbonyl (C=O) groups excluding carboxylic acids is 1. The van der Waals surface area contributed by atoms with Crippen molar-refractivity contribution in [1.82, 2.24) is 9.80 Å². The monoisotopic (exact) mass is 266 g/mol. The van der Waals surface area contributed by atoms with Crippen molar-refractivity contribution < 1.29 is 4.79 Å². The predicted molar refractivity (Wildman–Crippen MR) is 75.9 cm³/mol. The molecule has 1 aliphatic heterocycles. The Kier molecular flexibility index (Phi) is 4.40. The Morgan fingerprint density at radius 3 is 2.89 bits per heavy atom. The molecular formula is C14H22N2OS. The molecule has 18 heavy (non-hydrogen) atoms. The van der Waals surface area contributed by atoms with Crippen LogP contribution in [0.25, 0.3) is 0 Å². The van der Waals surface area contributed by atoms with Gasteiger partial charge in [-0.25, -0.2) is 0 Å². The summed E-state index contributed by atoms with van der Waals surface area (Å²) in [4.78, 5) is 17.9. The van der Waals surface area contributed by atoms with Gasteiger partial charge >= 0.3 is 0 Å². The summed E-state index contributed by atoms with van der Waals surface area (Å²) < 4.78 is 0. The van der Waals surface area contributed by atoms with Gasteiger partial charge in [0.2, 0.25) is 5.91 Å². The van der Waals surface area contributed by atoms with E-state index in [2.05, 4.69) is 23.3 Å². The highest BCUT2D eigenvalue weighted by atomic mass is 32.1. The van der Waals surface area contributed by atoms with Crippen LogP contribution in [0.5, 0.6) is 0 Å². The maximum absolute atomic E-state index is 12.2. The summed E-state index contributed by atoms with van der Waals surface area (Å²) in [5.74, 6) is 0.255. The molecule has 0 aliphatic carbocycles. The first-order valence-electron chi connectivity index (χ1n) is 6.75. The number of hydrogen-bond donors (Lipinski definition) is 0. The zero-order valence-electron chi connectivity index (χ0n) is 11.5. The molecule has 2 rings (SSSR count). The number of nitrogens with zero attached hydrogens (tertiary/aromatic N) is 2. The Morgan fingerprint density at radius 2 is 2.22 bits per heavy atom. The fraction of sp³-hybridized carbons (Fsp3) is 0.643. The number of hydrogen-bond acceptors (Lipinski definition) is 3. The van der Waals surface area contributed by atoms with Gasteiger partial charge in [0.25, 0.3) is 0 Å². The first kappa shape index (κ1) is 13.6. The molecule has 1 aromatic rings. The predicted octanol–water partition coefficient (Wildman–Crippen LogP) is 2.54. The summed E-state index contributed by atoms with van der Waals surface area (Å²) in [6.07, 6.45) is 1.09. The molecule has 1 aromatic heterocycles. The van der Waals surface area contributed by atoms with Crippen molar-refractivity contribution in [3.8, 4) is 0 Å². The summed E-state index contributed by atoms with van der Waals surface area (Å²) in [7, 11) is 0. The van der Waals surface area contributed by atoms with E-state index >= 15 is 0 Å². The highest BCUT2D eigenvalue weighted by molar-refractivity contribution is 7.10. The molecule has 0 spiro atoms. The number of amides is 1. The second-order valence-corrected chi connectivity index (χ2v) is 5.76. The van der Waals surface area contributed by atoms with Gasteiger partial charge in [-0.3, -0.25) is 9.69 Å². The van der Waals surface area contributed by atoms with Crippen LogP contribution in [0.15, 0.2) is 11.4 Å². The van der Waals surface area contributed by atoms with Crippen LogP contribution in [0.1, 0.15) is 37.3 Å². The summed E-state index contributed by atoms with van der Waals surface area (Å²) in [5.41, 5.74) is 1.42. The Hall–Kier alpha value is -0.870. The maximum Gasteiger partial charge on any atom is 0.236 e. The lowest BCUT2D eigenvalue weighted by atomic mass is 10.0. The van der Waals surface area contributed by atoms with Crippen molar-refractivity contribution >= 4 is 17.2 Å². The third kappa shape index (κ3) is 2.59. The normalized spacial score (nSPS) is 19.6. The van der Waals surface area contributed by atoms with E-state index in [0.29, 0.717) is 12.6 Å². The fourth-order valence-electron chi connectivity index (χ4n) is 2.63. The van der Waals surface area contributed by atoms with Crippen molar-refractivity contribution in [1.29, 1.82) is 0 Å². The molecule has 1 atom stereocenters. The molecule has 2 heterocycles. The molecule has 0 aromatic carbocycles. The van der Waals surface area contributed by atoms with E-state index in [1.165, 1.54) is 10.4 Å². The highest BCUT2D eigenvalue weighted by Crippen LogP contribution is 2.32. The highest BCUT2D eigenvalue weighted by Gasteiger charge is 2.26. The quantitative estimate of drug-likeness (QED) is 0.836. The lowest BCUT2D eigenvalue weighted by Crippen LogP contribution is -2.43. The van der Waals surface area contributed by atoms with Crippen molar-refractivity contribution in [3.63, 3.8) is 0 Å². The zero-order chi connectivity index (χ0) is 13.1. The lowest BCUT2D eigenvalue weighted by molar-refractivity contribution is -0.132. The fourth-order valence-corrected chi connectivity index (χ4v) is 3.59. The van der Waals surface area contributed by atoms with Crippen LogP contribution in [0, 0.1) is 0 Å². The molecule has 0 fully saturated rings. The van der Waals surface area contributed by atoms with Gasteiger partial charge in [0.1, 0.15) is 0 Å². The van der Waals surface area contributed by atoms with E-state index in [9.17, 15) is 4.79 Å². The average molecular weight is 266 g/mol. The van der Waals surface area contributed by atoms with E-state index in [4.69, 9.17) is 0 Å². The number of fused-ring (bicyclic) bond motifs is 1. The van der Waals surface area contributed by atoms with Crippen LogP contribution in [0.4, 0.5) is 0 Å². The molecule has 0 saturated heterocycles. The topological polar surface area (TPSA) is 23.6 Å². The van der Waals surface area contributed by atoms with Gasteiger partial charge in [0, 0.05) is 30.6 Å². The molecule has 0 radical (unpaired) electrons. The largest absolute Gasteiger partial charge is 0.342 e. The molecule has 4 heteroatoms. The second kappa shape index (κ2) is 5.85. The van der Waals surface area contributed by atoms with Gasteiger partial charge in [-0.2, -0.15) is 0 Å². The zero-order valence-corrected chi connectivity index (χ0v) is 12.3. The van der Waals surface area contributed by atoms with E-state index in [0.717, 1.165) is 26.1 Å². The summed E-state index contributed by atoms with van der Waals surface area (Å²) in [5, 5.41) is 2.16. The molecule has 0 unspecified atom stereocenters. The third-order valence-electron chi connectivity index (χ3n) is 3.86. The van der Waals surface area contributed by atoms with Gasteiger partial charge in [-0.15, -0.1) is 11.3 Å². The molecule has 100 valence electrons. The minimum Gasteiger partial charge on any atom is -0.342 e. The first-order valence-corrected chi connectivity index (χ1v) is 7.63. The Bertz CT molecular complexity index is 412. The van der Waals surface area contributed by atoms with Crippen LogP contribution < -0.4 is 0 Å². The van der Waals surface area contributed by atoms with Gasteiger partial charge in [0.05, 0.1) is 6.54 Å². The van der Waals surface area contributed by atoms with E-state index in [1.54, 1.807) is 0 Å². The Morgan fingerprint density at radius 1 is 1.50 bits per heavy atom. The van der Waals surface area contributed by atoms with Crippen molar-refractivity contribution in [2.75, 3.05) is 26.2 Å². The van der Waals surface area contributed by atoms with Gasteiger partial charge in [-0.1, -0.05) is 0 Å². The SMILES string of the molecule is CCN(CC)C(=O)CN1CCc2sccc2[C@@H]1C. The van der Waals surface area contributed by atoms with Gasteiger partial charge < -0.3 is 4.90 Å². The minimum absolute atomic E-state index is 0.255. The summed E-state index contributed by atoms with van der Waals surface area (Å²) in [6.45, 7) is 9.46. The molecule has 3 nitrogen and oxygen atoms in total. The van der Waals surface area contributed by atoms with Gasteiger partial charge in [-0.05, 0) is 44.2 Å². The summed E-state index contributed by atoms with van der Waals surface area (Å²) >= 11 is 1.84. The first-order chi connectivity index (χ1) is 8.67. The molecule has 1 aliphatic rings. The Balaban J connectivity index is 2.02. The molecule has 1 amide bonds. The minimum atomic E-state index is 0.255. The number of carbonyl (C=O) groups is 1. The molecule has 0 bridgehead atoms. The number of rotatable bonds is 4. The standard InChI is InChI=1S/C14H22N2OS/c1-4-15(5-2)14(17)10-16-8-6-13-12(11(16)3)7-9-18-13/h7,9,11H,4-6,8,10H2,1-3H3/t11-/m0/s1. The van der Waals surface area contributed by atoms with Crippen LogP contribution >= 0.6 is 11.3 Å². The van der Waals surface area contributed by atoms with E-state index in [1.807, 2.05) is 30.1 Å². The lowest BCUT2D eigenvalue weighted by Gasteiger charge is -2.34. The van der Waals surface area contributed by atoms with Crippen molar-refractivity contribution in [2.24, 2.45) is 0 Å². The number of thiophene rings is 1. The van der Waals surface area contributed by atoms with Crippen LogP contribution in [-0.4, -0.2) is 41.9 Å². The van der Waals surface area contributed by atoms with Crippen molar-refractivity contribution in [2.45, 2.75) is 33.2 Å². The molecule has 0 saturated carbocycles. The molecular weight excluding hydrogens is 244 g/mol. The van der Waals surface area contributed by atoms with Gasteiger partial charge in [0.15, 0.2) is 0 Å².